The molecule has 96 valence electrons. The predicted molar refractivity (Wildman–Crippen MR) is 74.5 cm³/mol. The third-order valence-corrected chi connectivity index (χ3v) is 3.15. The molecule has 1 heterocycles. The van der Waals surface area contributed by atoms with Crippen LogP contribution in [0.25, 0.3) is 10.9 Å². The lowest BCUT2D eigenvalue weighted by Gasteiger charge is -2.11. The van der Waals surface area contributed by atoms with Crippen molar-refractivity contribution in [1.29, 1.82) is 5.26 Å². The Bertz CT molecular complexity index is 658. The minimum absolute atomic E-state index is 0.0974. The summed E-state index contributed by atoms with van der Waals surface area (Å²) in [4.78, 5) is 16.2. The first-order chi connectivity index (χ1) is 9.15. The molecule has 1 amide bonds. The van der Waals surface area contributed by atoms with Crippen LogP contribution in [0.3, 0.4) is 0 Å². The van der Waals surface area contributed by atoms with Crippen molar-refractivity contribution in [1.82, 2.24) is 4.98 Å². The van der Waals surface area contributed by atoms with Crippen LogP contribution in [0, 0.1) is 17.2 Å². The van der Waals surface area contributed by atoms with E-state index in [1.165, 1.54) is 0 Å². The van der Waals surface area contributed by atoms with Crippen molar-refractivity contribution < 1.29 is 4.79 Å². The van der Waals surface area contributed by atoms with Crippen molar-refractivity contribution >= 4 is 22.6 Å². The highest BCUT2D eigenvalue weighted by Crippen LogP contribution is 2.20. The highest BCUT2D eigenvalue weighted by Gasteiger charge is 2.14. The van der Waals surface area contributed by atoms with E-state index in [9.17, 15) is 4.79 Å². The number of amides is 1. The van der Waals surface area contributed by atoms with E-state index in [-0.39, 0.29) is 11.8 Å². The van der Waals surface area contributed by atoms with Gasteiger partial charge in [0.15, 0.2) is 5.82 Å². The number of hydrogen-bond donors (Lipinski definition) is 1. The molecule has 0 bridgehead atoms. The van der Waals surface area contributed by atoms with Crippen molar-refractivity contribution in [2.24, 2.45) is 5.92 Å². The van der Waals surface area contributed by atoms with E-state index in [0.717, 1.165) is 17.3 Å². The third-order valence-electron chi connectivity index (χ3n) is 3.15. The fourth-order valence-electron chi connectivity index (χ4n) is 1.72. The lowest BCUT2D eigenvalue weighted by atomic mass is 10.1. The maximum Gasteiger partial charge on any atom is 0.228 e. The molecule has 1 aromatic carbocycles. The smallest absolute Gasteiger partial charge is 0.228 e. The molecule has 1 N–H and O–H groups in total. The Morgan fingerprint density at radius 2 is 2.21 bits per heavy atom. The monoisotopic (exact) mass is 253 g/mol. The van der Waals surface area contributed by atoms with Gasteiger partial charge in [-0.3, -0.25) is 4.79 Å². The van der Waals surface area contributed by atoms with Gasteiger partial charge in [0.05, 0.1) is 11.1 Å². The Labute approximate surface area is 112 Å². The van der Waals surface area contributed by atoms with Crippen LogP contribution in [0.1, 0.15) is 25.8 Å². The van der Waals surface area contributed by atoms with Crippen LogP contribution < -0.4 is 5.32 Å². The van der Waals surface area contributed by atoms with E-state index >= 15 is 0 Å². The van der Waals surface area contributed by atoms with Crippen LogP contribution in [-0.2, 0) is 4.79 Å². The fraction of sp³-hybridized carbons (Fsp3) is 0.267. The van der Waals surface area contributed by atoms with Gasteiger partial charge in [0.1, 0.15) is 6.07 Å². The molecule has 1 aromatic heterocycles. The van der Waals surface area contributed by atoms with E-state index in [2.05, 4.69) is 16.4 Å². The van der Waals surface area contributed by atoms with Crippen LogP contribution >= 0.6 is 0 Å². The molecule has 0 saturated carbocycles. The Morgan fingerprint density at radius 3 is 2.89 bits per heavy atom. The molecule has 1 unspecified atom stereocenters. The molecule has 0 spiro atoms. The molecule has 0 aliphatic heterocycles. The SMILES string of the molecule is CCC(C)C(=O)Nc1nc2ccccc2cc1C#N. The topological polar surface area (TPSA) is 65.8 Å². The standard InChI is InChI=1S/C15H15N3O/c1-3-10(2)15(19)18-14-12(9-16)8-11-6-4-5-7-13(11)17-14/h4-8,10H,3H2,1-2H3,(H,17,18,19). The number of rotatable bonds is 3. The summed E-state index contributed by atoms with van der Waals surface area (Å²) in [5, 5.41) is 12.8. The first-order valence-electron chi connectivity index (χ1n) is 6.26. The fourth-order valence-corrected chi connectivity index (χ4v) is 1.72. The van der Waals surface area contributed by atoms with Gasteiger partial charge in [0.25, 0.3) is 0 Å². The Morgan fingerprint density at radius 1 is 1.47 bits per heavy atom. The zero-order valence-corrected chi connectivity index (χ0v) is 11.0. The van der Waals surface area contributed by atoms with Crippen LogP contribution in [0.4, 0.5) is 5.82 Å². The molecule has 1 atom stereocenters. The molecule has 2 rings (SSSR count). The number of anilines is 1. The summed E-state index contributed by atoms with van der Waals surface area (Å²) in [5.74, 6) is 0.132. The molecule has 0 radical (unpaired) electrons. The number of pyridine rings is 1. The highest BCUT2D eigenvalue weighted by atomic mass is 16.1. The average molecular weight is 253 g/mol. The van der Waals surface area contributed by atoms with E-state index < -0.39 is 0 Å². The van der Waals surface area contributed by atoms with Crippen LogP contribution in [0.15, 0.2) is 30.3 Å². The molecule has 0 saturated heterocycles. The largest absolute Gasteiger partial charge is 0.309 e. The van der Waals surface area contributed by atoms with Gasteiger partial charge in [-0.25, -0.2) is 4.98 Å². The quantitative estimate of drug-likeness (QED) is 0.914. The van der Waals surface area contributed by atoms with Gasteiger partial charge in [-0.1, -0.05) is 32.0 Å². The van der Waals surface area contributed by atoms with E-state index in [4.69, 9.17) is 5.26 Å². The van der Waals surface area contributed by atoms with Crippen molar-refractivity contribution in [3.05, 3.63) is 35.9 Å². The minimum Gasteiger partial charge on any atom is -0.309 e. The summed E-state index contributed by atoms with van der Waals surface area (Å²) in [5.41, 5.74) is 1.15. The van der Waals surface area contributed by atoms with Gasteiger partial charge in [-0.05, 0) is 18.6 Å². The molecule has 19 heavy (non-hydrogen) atoms. The number of carbonyl (C=O) groups is 1. The summed E-state index contributed by atoms with van der Waals surface area (Å²) in [6, 6.07) is 11.3. The van der Waals surface area contributed by atoms with Crippen LogP contribution in [0.2, 0.25) is 0 Å². The third kappa shape index (κ3) is 2.71. The minimum atomic E-state index is -0.109. The normalized spacial score (nSPS) is 11.8. The van der Waals surface area contributed by atoms with Gasteiger partial charge in [0.2, 0.25) is 5.91 Å². The second kappa shape index (κ2) is 5.49. The van der Waals surface area contributed by atoms with Crippen molar-refractivity contribution in [3.63, 3.8) is 0 Å². The number of nitrogens with zero attached hydrogens (tertiary/aromatic N) is 2. The molecule has 4 heteroatoms. The molecular weight excluding hydrogens is 238 g/mol. The zero-order chi connectivity index (χ0) is 13.8. The van der Waals surface area contributed by atoms with Gasteiger partial charge < -0.3 is 5.32 Å². The summed E-state index contributed by atoms with van der Waals surface area (Å²) >= 11 is 0. The molecule has 0 aliphatic carbocycles. The molecule has 0 fully saturated rings. The number of benzene rings is 1. The van der Waals surface area contributed by atoms with Gasteiger partial charge in [-0.15, -0.1) is 0 Å². The van der Waals surface area contributed by atoms with Crippen LogP contribution in [0.5, 0.6) is 0 Å². The first kappa shape index (κ1) is 13.0. The second-order valence-electron chi connectivity index (χ2n) is 4.49. The Kier molecular flexibility index (Phi) is 3.76. The summed E-state index contributed by atoms with van der Waals surface area (Å²) in [6.07, 6.45) is 0.751. The Balaban J connectivity index is 2.42. The second-order valence-corrected chi connectivity index (χ2v) is 4.49. The summed E-state index contributed by atoms with van der Waals surface area (Å²) in [7, 11) is 0. The number of para-hydroxylation sites is 1. The Hall–Kier alpha value is -2.41. The van der Waals surface area contributed by atoms with Crippen molar-refractivity contribution in [3.8, 4) is 6.07 Å². The lowest BCUT2D eigenvalue weighted by molar-refractivity contribution is -0.119. The maximum atomic E-state index is 11.9. The average Bonchev–Trinajstić information content (AvgIpc) is 2.45. The van der Waals surface area contributed by atoms with Crippen molar-refractivity contribution in [2.45, 2.75) is 20.3 Å². The molecular formula is C15H15N3O. The zero-order valence-electron chi connectivity index (χ0n) is 11.0. The van der Waals surface area contributed by atoms with E-state index in [1.807, 2.05) is 38.1 Å². The number of nitriles is 1. The number of carbonyl (C=O) groups excluding carboxylic acids is 1. The number of aromatic nitrogens is 1. The lowest BCUT2D eigenvalue weighted by Crippen LogP contribution is -2.21. The van der Waals surface area contributed by atoms with Gasteiger partial charge in [-0.2, -0.15) is 5.26 Å². The first-order valence-corrected chi connectivity index (χ1v) is 6.26. The predicted octanol–water partition coefficient (Wildman–Crippen LogP) is 3.09. The maximum absolute atomic E-state index is 11.9. The number of hydrogen-bond acceptors (Lipinski definition) is 3. The van der Waals surface area contributed by atoms with E-state index in [0.29, 0.717) is 11.4 Å². The highest BCUT2D eigenvalue weighted by molar-refractivity contribution is 5.94. The van der Waals surface area contributed by atoms with E-state index in [1.54, 1.807) is 6.07 Å². The molecule has 2 aromatic rings. The van der Waals surface area contributed by atoms with Crippen molar-refractivity contribution in [2.75, 3.05) is 5.32 Å². The van der Waals surface area contributed by atoms with Crippen LogP contribution in [-0.4, -0.2) is 10.9 Å². The van der Waals surface area contributed by atoms with Gasteiger partial charge in [0, 0.05) is 11.3 Å². The summed E-state index contributed by atoms with van der Waals surface area (Å²) < 4.78 is 0. The summed E-state index contributed by atoms with van der Waals surface area (Å²) in [6.45, 7) is 3.80. The molecule has 0 aliphatic rings. The number of fused-ring (bicyclic) bond motifs is 1. The number of nitrogens with one attached hydrogen (secondary N) is 1. The van der Waals surface area contributed by atoms with Gasteiger partial charge >= 0.3 is 0 Å². The molecule has 4 nitrogen and oxygen atoms in total.